The summed E-state index contributed by atoms with van der Waals surface area (Å²) >= 11 is 5.91. The third-order valence-electron chi connectivity index (χ3n) is 4.65. The maximum absolute atomic E-state index is 14.2. The number of amides is 1. The second-order valence-corrected chi connectivity index (χ2v) is 6.94. The zero-order valence-electron chi connectivity index (χ0n) is 15.2. The number of aromatic nitrogens is 1. The number of carbonyl (C=O) groups excluding carboxylic acids is 1. The Morgan fingerprint density at radius 1 is 1.03 bits per heavy atom. The first-order chi connectivity index (χ1) is 14.2. The van der Waals surface area contributed by atoms with Crippen LogP contribution in [0.25, 0.3) is 0 Å². The summed E-state index contributed by atoms with van der Waals surface area (Å²) in [6, 6.07) is 11.7. The maximum atomic E-state index is 14.2. The third-order valence-corrected chi connectivity index (χ3v) is 4.86. The van der Waals surface area contributed by atoms with E-state index >= 15 is 0 Å². The first-order valence-corrected chi connectivity index (χ1v) is 9.23. The smallest absolute Gasteiger partial charge is 0.416 e. The van der Waals surface area contributed by atoms with Gasteiger partial charge in [-0.2, -0.15) is 13.2 Å². The van der Waals surface area contributed by atoms with Gasteiger partial charge in [0.1, 0.15) is 16.7 Å². The Bertz CT molecular complexity index is 1130. The molecule has 1 aliphatic rings. The van der Waals surface area contributed by atoms with Crippen molar-refractivity contribution in [2.75, 3.05) is 11.4 Å². The molecule has 0 saturated carbocycles. The molecule has 3 aromatic rings. The van der Waals surface area contributed by atoms with E-state index in [0.717, 1.165) is 12.1 Å². The van der Waals surface area contributed by atoms with Gasteiger partial charge in [0.2, 0.25) is 0 Å². The Morgan fingerprint density at radius 2 is 1.80 bits per heavy atom. The van der Waals surface area contributed by atoms with E-state index < -0.39 is 17.6 Å². The van der Waals surface area contributed by atoms with E-state index in [0.29, 0.717) is 29.4 Å². The molecule has 1 aliphatic heterocycles. The number of rotatable bonds is 3. The first-order valence-electron chi connectivity index (χ1n) is 8.85. The van der Waals surface area contributed by atoms with Crippen molar-refractivity contribution >= 4 is 23.3 Å². The van der Waals surface area contributed by atoms with Gasteiger partial charge in [0.15, 0.2) is 11.6 Å². The minimum absolute atomic E-state index is 0.207. The molecule has 1 aromatic heterocycles. The molecule has 4 rings (SSSR count). The molecule has 154 valence electrons. The monoisotopic (exact) mass is 436 g/mol. The van der Waals surface area contributed by atoms with Gasteiger partial charge in [0, 0.05) is 17.7 Å². The number of hydrogen-bond acceptors (Lipinski definition) is 3. The van der Waals surface area contributed by atoms with Gasteiger partial charge in [-0.05, 0) is 48.9 Å². The van der Waals surface area contributed by atoms with Crippen LogP contribution in [0.4, 0.5) is 23.4 Å². The summed E-state index contributed by atoms with van der Waals surface area (Å²) in [6.07, 6.45) is -4.27. The predicted octanol–water partition coefficient (Wildman–Crippen LogP) is 5.89. The molecule has 0 spiro atoms. The quantitative estimate of drug-likeness (QED) is 0.380. The number of ether oxygens (including phenoxy) is 1. The number of anilines is 1. The van der Waals surface area contributed by atoms with E-state index in [1.807, 2.05) is 0 Å². The molecule has 0 atom stereocenters. The molecule has 9 heteroatoms. The minimum atomic E-state index is -4.66. The number of pyridine rings is 1. The molecule has 0 saturated heterocycles. The van der Waals surface area contributed by atoms with Crippen LogP contribution < -0.4 is 9.64 Å². The summed E-state index contributed by atoms with van der Waals surface area (Å²) in [7, 11) is 0. The summed E-state index contributed by atoms with van der Waals surface area (Å²) in [4.78, 5) is 18.6. The summed E-state index contributed by atoms with van der Waals surface area (Å²) in [6.45, 7) is 0.287. The lowest BCUT2D eigenvalue weighted by atomic mass is 9.98. The molecule has 1 amide bonds. The maximum Gasteiger partial charge on any atom is 0.416 e. The third kappa shape index (κ3) is 3.82. The molecular formula is C21H13ClF4N2O2. The van der Waals surface area contributed by atoms with Gasteiger partial charge in [0.25, 0.3) is 5.91 Å². The predicted molar refractivity (Wildman–Crippen MR) is 103 cm³/mol. The van der Waals surface area contributed by atoms with Crippen LogP contribution in [-0.2, 0) is 12.6 Å². The highest BCUT2D eigenvalue weighted by atomic mass is 35.5. The number of fused-ring (bicyclic) bond motifs is 1. The number of hydrogen-bond donors (Lipinski definition) is 0. The average molecular weight is 437 g/mol. The van der Waals surface area contributed by atoms with Gasteiger partial charge in [-0.3, -0.25) is 9.69 Å². The fourth-order valence-electron chi connectivity index (χ4n) is 3.23. The van der Waals surface area contributed by atoms with Gasteiger partial charge in [-0.1, -0.05) is 23.7 Å². The number of carbonyl (C=O) groups is 1. The fourth-order valence-corrected chi connectivity index (χ4v) is 3.39. The molecule has 0 unspecified atom stereocenters. The second kappa shape index (κ2) is 7.60. The average Bonchev–Trinajstić information content (AvgIpc) is 2.69. The lowest BCUT2D eigenvalue weighted by Gasteiger charge is -2.29. The van der Waals surface area contributed by atoms with Crippen molar-refractivity contribution in [3.63, 3.8) is 0 Å². The molecule has 0 fully saturated rings. The van der Waals surface area contributed by atoms with Crippen molar-refractivity contribution in [1.82, 2.24) is 4.98 Å². The molecule has 4 nitrogen and oxygen atoms in total. The van der Waals surface area contributed by atoms with Crippen molar-refractivity contribution in [2.45, 2.75) is 12.6 Å². The van der Waals surface area contributed by atoms with E-state index in [1.54, 1.807) is 30.3 Å². The number of halogens is 5. The van der Waals surface area contributed by atoms with Crippen molar-refractivity contribution in [2.24, 2.45) is 0 Å². The summed E-state index contributed by atoms with van der Waals surface area (Å²) < 4.78 is 57.9. The van der Waals surface area contributed by atoms with E-state index in [9.17, 15) is 22.4 Å². The number of alkyl halides is 3. The highest BCUT2D eigenvalue weighted by Crippen LogP contribution is 2.36. The highest BCUT2D eigenvalue weighted by Gasteiger charge is 2.32. The van der Waals surface area contributed by atoms with Crippen LogP contribution in [0.15, 0.2) is 54.6 Å². The largest absolute Gasteiger partial charge is 0.454 e. The van der Waals surface area contributed by atoms with Crippen molar-refractivity contribution < 1.29 is 27.1 Å². The van der Waals surface area contributed by atoms with Gasteiger partial charge < -0.3 is 4.74 Å². The molecule has 0 N–H and O–H groups in total. The van der Waals surface area contributed by atoms with Crippen molar-refractivity contribution in [1.29, 1.82) is 0 Å². The Morgan fingerprint density at radius 3 is 2.50 bits per heavy atom. The van der Waals surface area contributed by atoms with Crippen LogP contribution in [0.3, 0.4) is 0 Å². The van der Waals surface area contributed by atoms with Crippen LogP contribution in [0.5, 0.6) is 11.5 Å². The van der Waals surface area contributed by atoms with Gasteiger partial charge >= 0.3 is 6.18 Å². The lowest BCUT2D eigenvalue weighted by Crippen LogP contribution is -2.38. The first kappa shape index (κ1) is 20.2. The molecular weight excluding hydrogens is 424 g/mol. The topological polar surface area (TPSA) is 42.4 Å². The Hall–Kier alpha value is -3.13. The zero-order chi connectivity index (χ0) is 21.5. The van der Waals surface area contributed by atoms with Gasteiger partial charge in [-0.15, -0.1) is 0 Å². The standard InChI is InChI=1S/C21H13ClF4N2O2/c22-18-5-2-6-19(27-18)28-10-9-13-14(20(28)29)3-1-4-16(13)30-17-8-7-12(11-15(17)23)21(24,25)26/h1-8,11H,9-10H2. The van der Waals surface area contributed by atoms with E-state index in [1.165, 1.54) is 11.0 Å². The van der Waals surface area contributed by atoms with E-state index in [2.05, 4.69) is 4.98 Å². The molecule has 2 aromatic carbocycles. The Kier molecular flexibility index (Phi) is 5.11. The van der Waals surface area contributed by atoms with Crippen LogP contribution in [-0.4, -0.2) is 17.4 Å². The zero-order valence-corrected chi connectivity index (χ0v) is 16.0. The molecule has 0 radical (unpaired) electrons. The molecule has 0 aliphatic carbocycles. The molecule has 0 bridgehead atoms. The van der Waals surface area contributed by atoms with Gasteiger partial charge in [-0.25, -0.2) is 9.37 Å². The van der Waals surface area contributed by atoms with Crippen LogP contribution in [0.1, 0.15) is 21.5 Å². The molecule has 2 heterocycles. The van der Waals surface area contributed by atoms with Crippen molar-refractivity contribution in [3.05, 3.63) is 82.3 Å². The van der Waals surface area contributed by atoms with Gasteiger partial charge in [0.05, 0.1) is 5.56 Å². The van der Waals surface area contributed by atoms with E-state index in [4.69, 9.17) is 16.3 Å². The number of nitrogens with zero attached hydrogens (tertiary/aromatic N) is 2. The van der Waals surface area contributed by atoms with E-state index in [-0.39, 0.29) is 29.1 Å². The van der Waals surface area contributed by atoms with Crippen LogP contribution in [0.2, 0.25) is 5.15 Å². The number of benzene rings is 2. The van der Waals surface area contributed by atoms with Crippen LogP contribution >= 0.6 is 11.6 Å². The van der Waals surface area contributed by atoms with Crippen LogP contribution in [0, 0.1) is 5.82 Å². The minimum Gasteiger partial charge on any atom is -0.454 e. The summed E-state index contributed by atoms with van der Waals surface area (Å²) in [5, 5.41) is 0.251. The highest BCUT2D eigenvalue weighted by molar-refractivity contribution is 6.29. The summed E-state index contributed by atoms with van der Waals surface area (Å²) in [5.41, 5.74) is -0.227. The SMILES string of the molecule is O=C1c2cccc(Oc3ccc(C(F)(F)F)cc3F)c2CCN1c1cccc(Cl)n1. The summed E-state index contributed by atoms with van der Waals surface area (Å²) in [5.74, 6) is -1.22. The fraction of sp³-hybridized carbons (Fsp3) is 0.143. The Balaban J connectivity index is 1.64. The second-order valence-electron chi connectivity index (χ2n) is 6.55. The molecule has 30 heavy (non-hydrogen) atoms. The van der Waals surface area contributed by atoms with Crippen molar-refractivity contribution in [3.8, 4) is 11.5 Å². The lowest BCUT2D eigenvalue weighted by molar-refractivity contribution is -0.137. The Labute approximate surface area is 173 Å². The normalized spacial score (nSPS) is 13.9.